The topological polar surface area (TPSA) is 66.7 Å². The molecule has 6 heteroatoms. The number of nitro benzene ring substituents is 1. The highest BCUT2D eigenvalue weighted by atomic mass is 16.6. The van der Waals surface area contributed by atoms with E-state index < -0.39 is 4.92 Å². The van der Waals surface area contributed by atoms with Crippen molar-refractivity contribution in [3.63, 3.8) is 0 Å². The number of piperidine rings is 2. The summed E-state index contributed by atoms with van der Waals surface area (Å²) in [6.45, 7) is 5.67. The van der Waals surface area contributed by atoms with E-state index in [1.54, 1.807) is 6.07 Å². The van der Waals surface area contributed by atoms with E-state index in [9.17, 15) is 14.9 Å². The van der Waals surface area contributed by atoms with Crippen molar-refractivity contribution in [2.75, 3.05) is 26.2 Å². The number of aryl methyl sites for hydroxylation is 1. The normalized spacial score (nSPS) is 20.1. The number of benzene rings is 1. The van der Waals surface area contributed by atoms with Crippen LogP contribution in [-0.2, 0) is 0 Å². The van der Waals surface area contributed by atoms with Crippen LogP contribution in [0.3, 0.4) is 0 Å². The molecule has 0 aromatic heterocycles. The fourth-order valence-electron chi connectivity index (χ4n) is 3.84. The van der Waals surface area contributed by atoms with Crippen molar-refractivity contribution in [3.8, 4) is 0 Å². The van der Waals surface area contributed by atoms with Crippen LogP contribution in [0.15, 0.2) is 18.2 Å². The van der Waals surface area contributed by atoms with Gasteiger partial charge < -0.3 is 9.80 Å². The number of carbonyl (C=O) groups excluding carboxylic acids is 1. The fraction of sp³-hybridized carbons (Fsp3) is 0.611. The monoisotopic (exact) mass is 331 g/mol. The van der Waals surface area contributed by atoms with Crippen LogP contribution < -0.4 is 0 Å². The van der Waals surface area contributed by atoms with Gasteiger partial charge in [0.2, 0.25) is 0 Å². The Morgan fingerprint density at radius 2 is 1.79 bits per heavy atom. The summed E-state index contributed by atoms with van der Waals surface area (Å²) in [6.07, 6.45) is 5.90. The molecule has 1 amide bonds. The van der Waals surface area contributed by atoms with E-state index in [2.05, 4.69) is 4.90 Å². The highest BCUT2D eigenvalue weighted by Crippen LogP contribution is 2.24. The smallest absolute Gasteiger partial charge is 0.270 e. The molecule has 0 saturated carbocycles. The van der Waals surface area contributed by atoms with E-state index in [1.165, 1.54) is 44.5 Å². The molecule has 0 aliphatic carbocycles. The van der Waals surface area contributed by atoms with Crippen molar-refractivity contribution < 1.29 is 9.72 Å². The first-order valence-corrected chi connectivity index (χ1v) is 8.84. The van der Waals surface area contributed by atoms with Gasteiger partial charge in [0, 0.05) is 36.8 Å². The molecule has 0 bridgehead atoms. The van der Waals surface area contributed by atoms with Gasteiger partial charge in [0.15, 0.2) is 0 Å². The van der Waals surface area contributed by atoms with Gasteiger partial charge in [-0.15, -0.1) is 0 Å². The molecule has 2 saturated heterocycles. The number of hydrogen-bond acceptors (Lipinski definition) is 4. The number of amides is 1. The van der Waals surface area contributed by atoms with E-state index in [4.69, 9.17) is 0 Å². The van der Waals surface area contributed by atoms with E-state index in [-0.39, 0.29) is 11.6 Å². The van der Waals surface area contributed by atoms with Crippen LogP contribution in [0.2, 0.25) is 0 Å². The summed E-state index contributed by atoms with van der Waals surface area (Å²) in [5.41, 5.74) is 1.23. The second-order valence-corrected chi connectivity index (χ2v) is 6.88. The number of carbonyl (C=O) groups is 1. The summed E-state index contributed by atoms with van der Waals surface area (Å²) < 4.78 is 0. The summed E-state index contributed by atoms with van der Waals surface area (Å²) >= 11 is 0. The van der Waals surface area contributed by atoms with Crippen LogP contribution in [0, 0.1) is 17.0 Å². The first kappa shape index (κ1) is 16.9. The number of nitro groups is 1. The maximum Gasteiger partial charge on any atom is 0.270 e. The van der Waals surface area contributed by atoms with Crippen molar-refractivity contribution in [2.24, 2.45) is 0 Å². The lowest BCUT2D eigenvalue weighted by Gasteiger charge is -2.40. The summed E-state index contributed by atoms with van der Waals surface area (Å²) in [4.78, 5) is 27.7. The van der Waals surface area contributed by atoms with Gasteiger partial charge >= 0.3 is 0 Å². The zero-order chi connectivity index (χ0) is 17.1. The van der Waals surface area contributed by atoms with Gasteiger partial charge in [0.25, 0.3) is 11.6 Å². The van der Waals surface area contributed by atoms with E-state index in [0.29, 0.717) is 11.6 Å². The Labute approximate surface area is 142 Å². The molecule has 130 valence electrons. The van der Waals surface area contributed by atoms with Crippen molar-refractivity contribution >= 4 is 11.6 Å². The summed E-state index contributed by atoms with van der Waals surface area (Å²) in [6, 6.07) is 5.11. The Morgan fingerprint density at radius 3 is 2.42 bits per heavy atom. The van der Waals surface area contributed by atoms with Gasteiger partial charge in [-0.3, -0.25) is 14.9 Å². The lowest BCUT2D eigenvalue weighted by molar-refractivity contribution is -0.384. The van der Waals surface area contributed by atoms with Gasteiger partial charge in [0.05, 0.1) is 4.92 Å². The molecule has 0 spiro atoms. The quantitative estimate of drug-likeness (QED) is 0.631. The van der Waals surface area contributed by atoms with Crippen LogP contribution in [0.5, 0.6) is 0 Å². The number of rotatable bonds is 3. The van der Waals surface area contributed by atoms with E-state index >= 15 is 0 Å². The Balaban J connectivity index is 1.64. The molecule has 2 heterocycles. The minimum atomic E-state index is -0.446. The molecule has 0 radical (unpaired) electrons. The lowest BCUT2D eigenvalue weighted by atomic mass is 9.98. The average Bonchev–Trinajstić information content (AvgIpc) is 2.62. The standard InChI is InChI=1S/C18H25N3O3/c1-14-5-6-16(21(23)24)13-17(14)18(22)20-11-7-15(8-12-20)19-9-3-2-4-10-19/h5-6,13,15H,2-4,7-12H2,1H3. The molecular weight excluding hydrogens is 306 g/mol. The van der Waals surface area contributed by atoms with Crippen molar-refractivity contribution in [3.05, 3.63) is 39.4 Å². The fourth-order valence-corrected chi connectivity index (χ4v) is 3.84. The highest BCUT2D eigenvalue weighted by molar-refractivity contribution is 5.96. The zero-order valence-corrected chi connectivity index (χ0v) is 14.2. The average molecular weight is 331 g/mol. The molecule has 0 atom stereocenters. The molecule has 2 fully saturated rings. The second kappa shape index (κ2) is 7.30. The van der Waals surface area contributed by atoms with Crippen molar-refractivity contribution in [1.82, 2.24) is 9.80 Å². The molecule has 6 nitrogen and oxygen atoms in total. The van der Waals surface area contributed by atoms with Crippen molar-refractivity contribution in [1.29, 1.82) is 0 Å². The molecule has 3 rings (SSSR count). The number of hydrogen-bond donors (Lipinski definition) is 0. The number of non-ortho nitro benzene ring substituents is 1. The zero-order valence-electron chi connectivity index (χ0n) is 14.2. The summed E-state index contributed by atoms with van der Waals surface area (Å²) in [5.74, 6) is -0.0757. The number of likely N-dealkylation sites (tertiary alicyclic amines) is 2. The summed E-state index contributed by atoms with van der Waals surface area (Å²) in [7, 11) is 0. The Kier molecular flexibility index (Phi) is 5.14. The largest absolute Gasteiger partial charge is 0.339 e. The van der Waals surface area contributed by atoms with E-state index in [1.807, 2.05) is 11.8 Å². The highest BCUT2D eigenvalue weighted by Gasteiger charge is 2.29. The maximum atomic E-state index is 12.8. The molecular formula is C18H25N3O3. The molecule has 2 aliphatic rings. The Bertz CT molecular complexity index is 618. The van der Waals surface area contributed by atoms with Crippen LogP contribution in [0.1, 0.15) is 48.0 Å². The predicted octanol–water partition coefficient (Wildman–Crippen LogP) is 2.99. The summed E-state index contributed by atoms with van der Waals surface area (Å²) in [5, 5.41) is 11.0. The molecule has 1 aromatic carbocycles. The third-order valence-electron chi connectivity index (χ3n) is 5.32. The van der Waals surface area contributed by atoms with Gasteiger partial charge in [-0.25, -0.2) is 0 Å². The minimum Gasteiger partial charge on any atom is -0.339 e. The van der Waals surface area contributed by atoms with Crippen LogP contribution in [0.4, 0.5) is 5.69 Å². The first-order chi connectivity index (χ1) is 11.6. The molecule has 0 N–H and O–H groups in total. The molecule has 24 heavy (non-hydrogen) atoms. The van der Waals surface area contributed by atoms with Crippen LogP contribution in [0.25, 0.3) is 0 Å². The van der Waals surface area contributed by atoms with Gasteiger partial charge in [-0.2, -0.15) is 0 Å². The minimum absolute atomic E-state index is 0.0212. The Morgan fingerprint density at radius 1 is 1.12 bits per heavy atom. The van der Waals surface area contributed by atoms with E-state index in [0.717, 1.165) is 31.5 Å². The lowest BCUT2D eigenvalue weighted by Crippen LogP contribution is -2.48. The first-order valence-electron chi connectivity index (χ1n) is 8.84. The predicted molar refractivity (Wildman–Crippen MR) is 92.2 cm³/mol. The number of nitrogens with zero attached hydrogens (tertiary/aromatic N) is 3. The third-order valence-corrected chi connectivity index (χ3v) is 5.32. The second-order valence-electron chi connectivity index (χ2n) is 6.88. The van der Waals surface area contributed by atoms with Crippen molar-refractivity contribution in [2.45, 2.75) is 45.1 Å². The maximum absolute atomic E-state index is 12.8. The SMILES string of the molecule is Cc1ccc([N+](=O)[O-])cc1C(=O)N1CCC(N2CCCCC2)CC1. The Hall–Kier alpha value is -1.95. The molecule has 1 aromatic rings. The van der Waals surface area contributed by atoms with Gasteiger partial charge in [-0.1, -0.05) is 12.5 Å². The van der Waals surface area contributed by atoms with Gasteiger partial charge in [-0.05, 0) is 51.3 Å². The molecule has 2 aliphatic heterocycles. The van der Waals surface area contributed by atoms with Crippen LogP contribution >= 0.6 is 0 Å². The third kappa shape index (κ3) is 3.59. The van der Waals surface area contributed by atoms with Gasteiger partial charge in [0.1, 0.15) is 0 Å². The molecule has 0 unspecified atom stereocenters. The van der Waals surface area contributed by atoms with Crippen LogP contribution in [-0.4, -0.2) is 52.9 Å².